The van der Waals surface area contributed by atoms with Gasteiger partial charge < -0.3 is 0 Å². The van der Waals surface area contributed by atoms with E-state index in [1.54, 1.807) is 0 Å². The van der Waals surface area contributed by atoms with Crippen LogP contribution in [0.25, 0.3) is 0 Å². The van der Waals surface area contributed by atoms with Crippen LogP contribution in [0.3, 0.4) is 0 Å². The van der Waals surface area contributed by atoms with Crippen molar-refractivity contribution >= 4 is 0 Å². The summed E-state index contributed by atoms with van der Waals surface area (Å²) in [5.41, 5.74) is 2.41. The normalized spacial score (nSPS) is 11.0. The van der Waals surface area contributed by atoms with E-state index >= 15 is 0 Å². The number of rotatable bonds is 3. The Kier molecular flexibility index (Phi) is 3.30. The van der Waals surface area contributed by atoms with Crippen LogP contribution in [-0.4, -0.2) is 0 Å². The highest BCUT2D eigenvalue weighted by atomic mass is 14.3. The van der Waals surface area contributed by atoms with Gasteiger partial charge in [-0.15, -0.1) is 0 Å². The third-order valence-electron chi connectivity index (χ3n) is 2.43. The van der Waals surface area contributed by atoms with Gasteiger partial charge in [0.05, 0.1) is 11.5 Å². The van der Waals surface area contributed by atoms with E-state index in [1.165, 1.54) is 11.1 Å². The highest BCUT2D eigenvalue weighted by Gasteiger charge is 2.18. The van der Waals surface area contributed by atoms with Crippen molar-refractivity contribution in [3.63, 3.8) is 0 Å². The van der Waals surface area contributed by atoms with Crippen molar-refractivity contribution in [1.29, 1.82) is 5.26 Å². The van der Waals surface area contributed by atoms with Crippen LogP contribution in [-0.2, 0) is 12.8 Å². The van der Waals surface area contributed by atoms with Gasteiger partial charge in [0, 0.05) is 0 Å². The van der Waals surface area contributed by atoms with Crippen LogP contribution >= 0.6 is 0 Å². The number of hydrogen-bond acceptors (Lipinski definition) is 1. The summed E-state index contributed by atoms with van der Waals surface area (Å²) in [7, 11) is 0. The summed E-state index contributed by atoms with van der Waals surface area (Å²) < 4.78 is 0. The molecule has 0 unspecified atom stereocenters. The molecule has 0 saturated heterocycles. The molecule has 0 fully saturated rings. The Morgan fingerprint density at radius 2 is 1.79 bits per heavy atom. The van der Waals surface area contributed by atoms with Crippen LogP contribution in [0.15, 0.2) is 24.3 Å². The summed E-state index contributed by atoms with van der Waals surface area (Å²) >= 11 is 0. The quantitative estimate of drug-likeness (QED) is 0.712. The Balaban J connectivity index is 2.92. The average molecular weight is 187 g/mol. The van der Waals surface area contributed by atoms with Crippen molar-refractivity contribution in [3.8, 4) is 6.07 Å². The molecular weight excluding hydrogens is 170 g/mol. The molecule has 0 aliphatic rings. The standard InChI is InChI=1S/C13H17N/c1-4-11-7-5-6-8-12(11)9-13(2,3)10-14/h5-8H,4,9H2,1-3H3. The first kappa shape index (κ1) is 10.8. The van der Waals surface area contributed by atoms with Gasteiger partial charge in [0.15, 0.2) is 0 Å². The number of hydrogen-bond donors (Lipinski definition) is 0. The predicted octanol–water partition coefficient (Wildman–Crippen LogP) is 3.34. The van der Waals surface area contributed by atoms with Gasteiger partial charge in [-0.05, 0) is 37.8 Å². The van der Waals surface area contributed by atoms with Gasteiger partial charge in [-0.1, -0.05) is 31.2 Å². The van der Waals surface area contributed by atoms with Gasteiger partial charge in [-0.3, -0.25) is 0 Å². The molecule has 1 aromatic rings. The van der Waals surface area contributed by atoms with E-state index in [4.69, 9.17) is 5.26 Å². The number of benzene rings is 1. The number of nitriles is 1. The molecule has 0 aliphatic carbocycles. The van der Waals surface area contributed by atoms with Crippen LogP contribution in [0.2, 0.25) is 0 Å². The van der Waals surface area contributed by atoms with Gasteiger partial charge in [0.1, 0.15) is 0 Å². The highest BCUT2D eigenvalue weighted by Crippen LogP contribution is 2.23. The zero-order chi connectivity index (χ0) is 10.6. The van der Waals surface area contributed by atoms with E-state index in [2.05, 4.69) is 31.2 Å². The third kappa shape index (κ3) is 2.60. The average Bonchev–Trinajstić information content (AvgIpc) is 2.18. The lowest BCUT2D eigenvalue weighted by atomic mass is 9.85. The monoisotopic (exact) mass is 187 g/mol. The summed E-state index contributed by atoms with van der Waals surface area (Å²) in [6.07, 6.45) is 1.88. The predicted molar refractivity (Wildman–Crippen MR) is 58.9 cm³/mol. The smallest absolute Gasteiger partial charge is 0.0687 e. The first-order chi connectivity index (χ1) is 6.59. The molecular formula is C13H17N. The molecule has 0 spiro atoms. The van der Waals surface area contributed by atoms with Crippen molar-refractivity contribution < 1.29 is 0 Å². The van der Waals surface area contributed by atoms with Crippen LogP contribution < -0.4 is 0 Å². The second kappa shape index (κ2) is 4.28. The van der Waals surface area contributed by atoms with Gasteiger partial charge in [-0.2, -0.15) is 5.26 Å². The second-order valence-electron chi connectivity index (χ2n) is 4.29. The molecule has 1 rings (SSSR count). The molecule has 1 nitrogen and oxygen atoms in total. The van der Waals surface area contributed by atoms with E-state index in [0.717, 1.165) is 12.8 Å². The SMILES string of the molecule is CCc1ccccc1CC(C)(C)C#N. The fourth-order valence-electron chi connectivity index (χ4n) is 1.59. The molecule has 74 valence electrons. The second-order valence-corrected chi connectivity index (χ2v) is 4.29. The summed E-state index contributed by atoms with van der Waals surface area (Å²) in [6.45, 7) is 6.12. The van der Waals surface area contributed by atoms with E-state index < -0.39 is 0 Å². The van der Waals surface area contributed by atoms with E-state index in [1.807, 2.05) is 19.9 Å². The van der Waals surface area contributed by atoms with Crippen LogP contribution in [0, 0.1) is 16.7 Å². The highest BCUT2D eigenvalue weighted by molar-refractivity contribution is 5.28. The lowest BCUT2D eigenvalue weighted by Crippen LogP contribution is -2.13. The van der Waals surface area contributed by atoms with E-state index in [0.29, 0.717) is 0 Å². The maximum atomic E-state index is 8.97. The lowest BCUT2D eigenvalue weighted by molar-refractivity contribution is 0.491. The fraction of sp³-hybridized carbons (Fsp3) is 0.462. The summed E-state index contributed by atoms with van der Waals surface area (Å²) in [5.74, 6) is 0. The number of aryl methyl sites for hydroxylation is 1. The minimum Gasteiger partial charge on any atom is -0.198 e. The Bertz CT molecular complexity index is 344. The topological polar surface area (TPSA) is 23.8 Å². The zero-order valence-corrected chi connectivity index (χ0v) is 9.17. The van der Waals surface area contributed by atoms with Crippen LogP contribution in [0.1, 0.15) is 31.9 Å². The fourth-order valence-corrected chi connectivity index (χ4v) is 1.59. The molecule has 0 atom stereocenters. The third-order valence-corrected chi connectivity index (χ3v) is 2.43. The molecule has 0 N–H and O–H groups in total. The van der Waals surface area contributed by atoms with Crippen molar-refractivity contribution in [3.05, 3.63) is 35.4 Å². The summed E-state index contributed by atoms with van der Waals surface area (Å²) in [5, 5.41) is 8.97. The van der Waals surface area contributed by atoms with Crippen molar-refractivity contribution in [2.24, 2.45) is 5.41 Å². The molecule has 0 bridgehead atoms. The molecule has 1 heteroatoms. The first-order valence-electron chi connectivity index (χ1n) is 5.07. The largest absolute Gasteiger partial charge is 0.198 e. The Labute approximate surface area is 86.4 Å². The van der Waals surface area contributed by atoms with Crippen molar-refractivity contribution in [1.82, 2.24) is 0 Å². The zero-order valence-electron chi connectivity index (χ0n) is 9.17. The minimum atomic E-state index is -0.259. The van der Waals surface area contributed by atoms with Gasteiger partial charge in [-0.25, -0.2) is 0 Å². The molecule has 0 amide bonds. The minimum absolute atomic E-state index is 0.259. The van der Waals surface area contributed by atoms with Gasteiger partial charge >= 0.3 is 0 Å². The molecule has 1 aromatic carbocycles. The van der Waals surface area contributed by atoms with Crippen molar-refractivity contribution in [2.45, 2.75) is 33.6 Å². The van der Waals surface area contributed by atoms with Crippen LogP contribution in [0.4, 0.5) is 0 Å². The summed E-state index contributed by atoms with van der Waals surface area (Å²) in [4.78, 5) is 0. The molecule has 0 aromatic heterocycles. The maximum Gasteiger partial charge on any atom is 0.0687 e. The van der Waals surface area contributed by atoms with E-state index in [-0.39, 0.29) is 5.41 Å². The number of nitrogens with zero attached hydrogens (tertiary/aromatic N) is 1. The molecule has 0 saturated carbocycles. The molecule has 14 heavy (non-hydrogen) atoms. The molecule has 0 radical (unpaired) electrons. The van der Waals surface area contributed by atoms with Gasteiger partial charge in [0.25, 0.3) is 0 Å². The maximum absolute atomic E-state index is 8.97. The summed E-state index contributed by atoms with van der Waals surface area (Å²) in [6, 6.07) is 10.7. The Hall–Kier alpha value is -1.29. The molecule has 0 aliphatic heterocycles. The van der Waals surface area contributed by atoms with E-state index in [9.17, 15) is 0 Å². The van der Waals surface area contributed by atoms with Crippen molar-refractivity contribution in [2.75, 3.05) is 0 Å². The Morgan fingerprint density at radius 3 is 2.29 bits per heavy atom. The van der Waals surface area contributed by atoms with Crippen LogP contribution in [0.5, 0.6) is 0 Å². The first-order valence-corrected chi connectivity index (χ1v) is 5.07. The Morgan fingerprint density at radius 1 is 1.21 bits per heavy atom. The van der Waals surface area contributed by atoms with Gasteiger partial charge in [0.2, 0.25) is 0 Å². The molecule has 0 heterocycles. The lowest BCUT2D eigenvalue weighted by Gasteiger charge is -2.17.